The zero-order valence-electron chi connectivity index (χ0n) is 38.7. The smallest absolute Gasteiger partial charge is 0.417 e. The lowest BCUT2D eigenvalue weighted by Crippen LogP contribution is -2.70. The monoisotopic (exact) mass is 917 g/mol. The summed E-state index contributed by atoms with van der Waals surface area (Å²) in [5.74, 6) is -0.829. The zero-order chi connectivity index (χ0) is 47.3. The van der Waals surface area contributed by atoms with E-state index in [2.05, 4.69) is 24.6 Å². The number of carbonyl (C=O) groups excluding carboxylic acids is 2. The maximum Gasteiger partial charge on any atom is 0.417 e. The van der Waals surface area contributed by atoms with E-state index < -0.39 is 29.9 Å². The van der Waals surface area contributed by atoms with Gasteiger partial charge in [-0.05, 0) is 96.2 Å². The van der Waals surface area contributed by atoms with Crippen molar-refractivity contribution in [3.63, 3.8) is 0 Å². The molecule has 14 heteroatoms. The Bertz CT molecular complexity index is 2430. The van der Waals surface area contributed by atoms with Crippen LogP contribution in [0.25, 0.3) is 10.8 Å². The third kappa shape index (κ3) is 10.6. The van der Waals surface area contributed by atoms with Crippen molar-refractivity contribution in [3.8, 4) is 23.0 Å². The van der Waals surface area contributed by atoms with Gasteiger partial charge in [-0.25, -0.2) is 9.59 Å². The van der Waals surface area contributed by atoms with Crippen molar-refractivity contribution in [2.24, 2.45) is 22.9 Å². The molecular formula is C53H63N3O11. The number of carbonyl (C=O) groups is 2. The molecule has 1 heterocycles. The van der Waals surface area contributed by atoms with E-state index >= 15 is 0 Å². The molecule has 0 saturated heterocycles. The number of allylic oxidation sites excluding steroid dienone is 1. The van der Waals surface area contributed by atoms with Gasteiger partial charge in [0.05, 0.1) is 51.3 Å². The Morgan fingerprint density at radius 3 is 2.43 bits per heavy atom. The fourth-order valence-electron chi connectivity index (χ4n) is 10.2. The average Bonchev–Trinajstić information content (AvgIpc) is 3.34. The van der Waals surface area contributed by atoms with Crippen molar-refractivity contribution in [1.29, 1.82) is 0 Å². The Labute approximate surface area is 392 Å². The number of rotatable bonds is 22. The highest BCUT2D eigenvalue weighted by Crippen LogP contribution is 2.62. The number of fused-ring (bicyclic) bond motifs is 3. The molecule has 2 amide bonds. The molecule has 14 nitrogen and oxygen atoms in total. The number of ether oxygens (including phenoxy) is 6. The average molecular weight is 918 g/mol. The molecule has 1 saturated carbocycles. The number of aliphatic hydroxyl groups is 2. The van der Waals surface area contributed by atoms with E-state index in [1.807, 2.05) is 48.5 Å². The summed E-state index contributed by atoms with van der Waals surface area (Å²) in [6, 6.07) is 23.6. The number of benzene rings is 4. The second kappa shape index (κ2) is 22.9. The molecule has 0 bridgehead atoms. The summed E-state index contributed by atoms with van der Waals surface area (Å²) in [6.07, 6.45) is 9.22. The van der Waals surface area contributed by atoms with Crippen LogP contribution in [0.1, 0.15) is 68.4 Å². The summed E-state index contributed by atoms with van der Waals surface area (Å²) in [7, 11) is 4.56. The number of unbranched alkanes of at least 4 members (excludes halogenated alkanes) is 2. The fraction of sp³-hybridized carbons (Fsp3) is 0.415. The van der Waals surface area contributed by atoms with Crippen LogP contribution in [0.5, 0.6) is 23.0 Å². The third-order valence-electron chi connectivity index (χ3n) is 13.1. The van der Waals surface area contributed by atoms with Gasteiger partial charge in [-0.3, -0.25) is 10.2 Å². The van der Waals surface area contributed by atoms with Crippen LogP contribution in [-0.4, -0.2) is 92.6 Å². The van der Waals surface area contributed by atoms with Gasteiger partial charge in [0.15, 0.2) is 0 Å². The van der Waals surface area contributed by atoms with Gasteiger partial charge in [-0.1, -0.05) is 78.7 Å². The SMILES string of the molecule is C=CCCOC(=O)N(Cc1cccc2ccccc12)[C@H]1CC(=NOC)C2=C[C@H](CCCCO)[C@@H](CCCCO)[C@@H]3c4cc(OC(=O)Nc5ccc(OC)cc5OC)ccc4O[C@@]1(OCC=C)[C@H]23. The number of nitrogens with one attached hydrogen (secondary N) is 1. The van der Waals surface area contributed by atoms with Crippen LogP contribution in [-0.2, 0) is 20.9 Å². The van der Waals surface area contributed by atoms with Gasteiger partial charge in [0, 0.05) is 37.2 Å². The summed E-state index contributed by atoms with van der Waals surface area (Å²) in [4.78, 5) is 35.8. The maximum atomic E-state index is 14.8. The number of oxime groups is 1. The molecule has 356 valence electrons. The molecule has 4 aromatic rings. The van der Waals surface area contributed by atoms with E-state index in [1.165, 1.54) is 14.2 Å². The number of nitrogens with zero attached hydrogens (tertiary/aromatic N) is 2. The first kappa shape index (κ1) is 48.6. The first-order valence-electron chi connectivity index (χ1n) is 23.1. The number of hydrogen-bond donors (Lipinski definition) is 3. The predicted molar refractivity (Wildman–Crippen MR) is 257 cm³/mol. The molecule has 0 radical (unpaired) electrons. The highest BCUT2D eigenvalue weighted by molar-refractivity contribution is 6.03. The number of aliphatic hydroxyl groups excluding tert-OH is 2. The molecule has 1 aliphatic heterocycles. The van der Waals surface area contributed by atoms with Crippen molar-refractivity contribution in [2.75, 3.05) is 53.1 Å². The third-order valence-corrected chi connectivity index (χ3v) is 13.1. The van der Waals surface area contributed by atoms with Crippen LogP contribution in [0.4, 0.5) is 15.3 Å². The van der Waals surface area contributed by atoms with Crippen molar-refractivity contribution in [3.05, 3.63) is 127 Å². The van der Waals surface area contributed by atoms with E-state index in [1.54, 1.807) is 54.5 Å². The fourth-order valence-corrected chi connectivity index (χ4v) is 10.2. The minimum atomic E-state index is -1.54. The lowest BCUT2D eigenvalue weighted by Gasteiger charge is -2.59. The summed E-state index contributed by atoms with van der Waals surface area (Å²) < 4.78 is 37.4. The van der Waals surface area contributed by atoms with Gasteiger partial charge in [-0.2, -0.15) is 0 Å². The van der Waals surface area contributed by atoms with Crippen LogP contribution in [0.2, 0.25) is 0 Å². The topological polar surface area (TPSA) is 167 Å². The number of hydrogen-bond acceptors (Lipinski definition) is 12. The Kier molecular flexibility index (Phi) is 16.6. The van der Waals surface area contributed by atoms with Crippen molar-refractivity contribution in [1.82, 2.24) is 4.90 Å². The molecule has 0 spiro atoms. The van der Waals surface area contributed by atoms with Gasteiger partial charge in [0.1, 0.15) is 36.1 Å². The zero-order valence-corrected chi connectivity index (χ0v) is 38.7. The van der Waals surface area contributed by atoms with Gasteiger partial charge < -0.3 is 43.5 Å². The largest absolute Gasteiger partial charge is 0.497 e. The Balaban J connectivity index is 1.41. The standard InChI is InChI=1S/C53H63N3O11/c1-6-8-29-64-52(60)56(34-37-19-15-18-35-16-9-10-20-40(35)37)48-33-45(55-63-5)42-30-36(17-11-13-26-57)41(21-12-14-27-58)49-43-31-39(23-25-46(43)67-53(48,50(42)49)65-28-7-2)66-51(59)54-44-24-22-38(61-3)32-47(44)62-4/h6-7,9-10,15-16,18-20,22-25,30-32,36,41,48-50,57-58H,1-2,8,11-14,17,21,26-29,33-34H2,3-5H3,(H,54,59)/t36-,41+,48-,49+,50+,53+/m0/s1. The molecule has 3 aliphatic rings. The van der Waals surface area contributed by atoms with Gasteiger partial charge in [-0.15, -0.1) is 13.2 Å². The van der Waals surface area contributed by atoms with E-state index in [4.69, 9.17) is 38.4 Å². The van der Waals surface area contributed by atoms with E-state index in [0.29, 0.717) is 47.9 Å². The van der Waals surface area contributed by atoms with E-state index in [-0.39, 0.29) is 62.9 Å². The predicted octanol–water partition coefficient (Wildman–Crippen LogP) is 9.95. The number of anilines is 1. The summed E-state index contributed by atoms with van der Waals surface area (Å²) in [5, 5.41) is 29.4. The summed E-state index contributed by atoms with van der Waals surface area (Å²) >= 11 is 0. The molecule has 0 aromatic heterocycles. The van der Waals surface area contributed by atoms with Crippen LogP contribution < -0.4 is 24.3 Å². The summed E-state index contributed by atoms with van der Waals surface area (Å²) in [5.41, 5.74) is 3.58. The van der Waals surface area contributed by atoms with E-state index in [9.17, 15) is 19.8 Å². The van der Waals surface area contributed by atoms with E-state index in [0.717, 1.165) is 53.2 Å². The van der Waals surface area contributed by atoms with Crippen molar-refractivity contribution in [2.45, 2.75) is 75.7 Å². The highest BCUT2D eigenvalue weighted by atomic mass is 16.7. The second-order valence-electron chi connectivity index (χ2n) is 17.0. The lowest BCUT2D eigenvalue weighted by molar-refractivity contribution is -0.256. The van der Waals surface area contributed by atoms with Crippen LogP contribution in [0.15, 0.2) is 121 Å². The molecule has 3 N–H and O–H groups in total. The van der Waals surface area contributed by atoms with Crippen LogP contribution in [0.3, 0.4) is 0 Å². The molecular weight excluding hydrogens is 855 g/mol. The van der Waals surface area contributed by atoms with Gasteiger partial charge in [0.25, 0.3) is 0 Å². The molecule has 1 fully saturated rings. The number of amides is 2. The molecule has 6 atom stereocenters. The first-order chi connectivity index (χ1) is 32.7. The Morgan fingerprint density at radius 2 is 1.69 bits per heavy atom. The van der Waals surface area contributed by atoms with Crippen LogP contribution >= 0.6 is 0 Å². The van der Waals surface area contributed by atoms with Gasteiger partial charge >= 0.3 is 12.2 Å². The molecule has 7 rings (SSSR count). The quantitative estimate of drug-likeness (QED) is 0.0390. The molecule has 0 unspecified atom stereocenters. The first-order valence-corrected chi connectivity index (χ1v) is 23.1. The van der Waals surface area contributed by atoms with Gasteiger partial charge in [0.2, 0.25) is 5.79 Å². The summed E-state index contributed by atoms with van der Waals surface area (Å²) in [6.45, 7) is 8.33. The number of methoxy groups -OCH3 is 2. The molecule has 67 heavy (non-hydrogen) atoms. The van der Waals surface area contributed by atoms with Crippen molar-refractivity contribution >= 4 is 34.4 Å². The Hall–Kier alpha value is -6.35. The molecule has 2 aliphatic carbocycles. The Morgan fingerprint density at radius 1 is 0.910 bits per heavy atom. The maximum absolute atomic E-state index is 14.8. The lowest BCUT2D eigenvalue weighted by atomic mass is 9.55. The molecule has 4 aromatic carbocycles. The minimum Gasteiger partial charge on any atom is -0.497 e. The second-order valence-corrected chi connectivity index (χ2v) is 17.0. The van der Waals surface area contributed by atoms with Crippen molar-refractivity contribution < 1.29 is 53.1 Å². The van der Waals surface area contributed by atoms with Crippen LogP contribution in [0, 0.1) is 17.8 Å². The highest BCUT2D eigenvalue weighted by Gasteiger charge is 2.65. The minimum absolute atomic E-state index is 0.00535. The normalized spacial score (nSPS) is 22.0.